The highest BCUT2D eigenvalue weighted by Gasteiger charge is 2.31. The van der Waals surface area contributed by atoms with E-state index >= 15 is 0 Å². The van der Waals surface area contributed by atoms with E-state index in [1.807, 2.05) is 30.3 Å². The van der Waals surface area contributed by atoms with Gasteiger partial charge in [-0.1, -0.05) is 29.5 Å². The van der Waals surface area contributed by atoms with Gasteiger partial charge in [0.05, 0.1) is 0 Å². The summed E-state index contributed by atoms with van der Waals surface area (Å²) < 4.78 is 26.2. The van der Waals surface area contributed by atoms with E-state index in [9.17, 15) is 8.42 Å². The van der Waals surface area contributed by atoms with E-state index in [4.69, 9.17) is 5.73 Å². The van der Waals surface area contributed by atoms with Gasteiger partial charge in [0.25, 0.3) is 10.0 Å². The predicted molar refractivity (Wildman–Crippen MR) is 81.7 cm³/mol. The Morgan fingerprint density at radius 3 is 2.29 bits per heavy atom. The molecular weight excluding hydrogens is 310 g/mol. The van der Waals surface area contributed by atoms with Gasteiger partial charge in [-0.15, -0.1) is 10.2 Å². The molecule has 0 bridgehead atoms. The number of sulfonamides is 1. The Kier molecular flexibility index (Phi) is 3.79. The molecule has 1 fully saturated rings. The van der Waals surface area contributed by atoms with E-state index in [0.29, 0.717) is 26.2 Å². The van der Waals surface area contributed by atoms with Crippen molar-refractivity contribution in [1.82, 2.24) is 14.5 Å². The summed E-state index contributed by atoms with van der Waals surface area (Å²) in [7, 11) is -3.58. The number of nitrogens with zero attached hydrogens (tertiary/aromatic N) is 4. The van der Waals surface area contributed by atoms with Gasteiger partial charge in [-0.2, -0.15) is 4.31 Å². The lowest BCUT2D eigenvalue weighted by atomic mass is 10.2. The smallest absolute Gasteiger partial charge is 0.272 e. The SMILES string of the molecule is Nc1nnc(S(=O)(=O)N2CCN(c3ccccc3)CC2)s1. The second-order valence-electron chi connectivity index (χ2n) is 4.63. The molecule has 1 aliphatic heterocycles. The lowest BCUT2D eigenvalue weighted by Crippen LogP contribution is -2.48. The summed E-state index contributed by atoms with van der Waals surface area (Å²) in [5.74, 6) is 0. The first-order valence-corrected chi connectivity index (χ1v) is 8.72. The quantitative estimate of drug-likeness (QED) is 0.890. The second kappa shape index (κ2) is 5.58. The molecule has 0 unspecified atom stereocenters. The molecule has 0 atom stereocenters. The summed E-state index contributed by atoms with van der Waals surface area (Å²) in [5, 5.41) is 7.37. The molecule has 1 aromatic heterocycles. The highest BCUT2D eigenvalue weighted by atomic mass is 32.2. The topological polar surface area (TPSA) is 92.4 Å². The van der Waals surface area contributed by atoms with E-state index in [-0.39, 0.29) is 9.47 Å². The minimum Gasteiger partial charge on any atom is -0.374 e. The summed E-state index contributed by atoms with van der Waals surface area (Å²) in [6, 6.07) is 9.96. The molecule has 0 aliphatic carbocycles. The van der Waals surface area contributed by atoms with Gasteiger partial charge in [0, 0.05) is 31.9 Å². The molecule has 21 heavy (non-hydrogen) atoms. The fraction of sp³-hybridized carbons (Fsp3) is 0.333. The fourth-order valence-corrected chi connectivity index (χ4v) is 4.61. The van der Waals surface area contributed by atoms with Gasteiger partial charge in [-0.25, -0.2) is 8.42 Å². The zero-order valence-electron chi connectivity index (χ0n) is 11.2. The second-order valence-corrected chi connectivity index (χ2v) is 7.75. The van der Waals surface area contributed by atoms with Crippen molar-refractivity contribution < 1.29 is 8.42 Å². The number of nitrogen functional groups attached to an aromatic ring is 1. The number of nitrogens with two attached hydrogens (primary N) is 1. The van der Waals surface area contributed by atoms with Crippen LogP contribution in [0.2, 0.25) is 0 Å². The summed E-state index contributed by atoms with van der Waals surface area (Å²) in [4.78, 5) is 2.17. The van der Waals surface area contributed by atoms with Crippen molar-refractivity contribution in [2.45, 2.75) is 4.34 Å². The maximum absolute atomic E-state index is 12.4. The molecule has 0 radical (unpaired) electrons. The molecule has 9 heteroatoms. The summed E-state index contributed by atoms with van der Waals surface area (Å²) >= 11 is 0.898. The first-order chi connectivity index (χ1) is 10.1. The Balaban J connectivity index is 1.71. The van der Waals surface area contributed by atoms with E-state index < -0.39 is 10.0 Å². The van der Waals surface area contributed by atoms with Gasteiger partial charge in [0.15, 0.2) is 0 Å². The molecule has 2 aromatic rings. The summed E-state index contributed by atoms with van der Waals surface area (Å²) in [5.41, 5.74) is 6.56. The first-order valence-electron chi connectivity index (χ1n) is 6.46. The normalized spacial score (nSPS) is 17.0. The molecule has 7 nitrogen and oxygen atoms in total. The van der Waals surface area contributed by atoms with Crippen LogP contribution in [0.15, 0.2) is 34.7 Å². The van der Waals surface area contributed by atoms with Crippen LogP contribution < -0.4 is 10.6 Å². The lowest BCUT2D eigenvalue weighted by Gasteiger charge is -2.34. The van der Waals surface area contributed by atoms with E-state index in [0.717, 1.165) is 17.0 Å². The molecule has 0 saturated carbocycles. The number of piperazine rings is 1. The lowest BCUT2D eigenvalue weighted by molar-refractivity contribution is 0.384. The largest absolute Gasteiger partial charge is 0.374 e. The van der Waals surface area contributed by atoms with Crippen molar-refractivity contribution in [3.05, 3.63) is 30.3 Å². The third kappa shape index (κ3) is 2.85. The van der Waals surface area contributed by atoms with Crippen LogP contribution in [0.4, 0.5) is 10.8 Å². The van der Waals surface area contributed by atoms with Gasteiger partial charge in [-0.05, 0) is 12.1 Å². The minimum absolute atomic E-state index is 0.0341. The van der Waals surface area contributed by atoms with Crippen molar-refractivity contribution >= 4 is 32.2 Å². The van der Waals surface area contributed by atoms with Crippen molar-refractivity contribution in [3.8, 4) is 0 Å². The van der Waals surface area contributed by atoms with E-state index in [1.165, 1.54) is 4.31 Å². The monoisotopic (exact) mass is 325 g/mol. The third-order valence-corrected chi connectivity index (χ3v) is 6.34. The van der Waals surface area contributed by atoms with E-state index in [2.05, 4.69) is 15.1 Å². The van der Waals surface area contributed by atoms with Crippen molar-refractivity contribution in [2.24, 2.45) is 0 Å². The molecule has 2 heterocycles. The minimum atomic E-state index is -3.58. The molecule has 1 saturated heterocycles. The molecule has 2 N–H and O–H groups in total. The third-order valence-electron chi connectivity index (χ3n) is 3.34. The Morgan fingerprint density at radius 1 is 1.05 bits per heavy atom. The molecule has 1 aromatic carbocycles. The number of benzene rings is 1. The van der Waals surface area contributed by atoms with Crippen LogP contribution in [0.5, 0.6) is 0 Å². The van der Waals surface area contributed by atoms with Crippen molar-refractivity contribution in [2.75, 3.05) is 36.8 Å². The predicted octanol–water partition coefficient (Wildman–Crippen LogP) is 0.631. The number of para-hydroxylation sites is 1. The average Bonchev–Trinajstić information content (AvgIpc) is 2.96. The zero-order valence-corrected chi connectivity index (χ0v) is 12.8. The van der Waals surface area contributed by atoms with Gasteiger partial charge < -0.3 is 10.6 Å². The highest BCUT2D eigenvalue weighted by Crippen LogP contribution is 2.23. The number of hydrogen-bond donors (Lipinski definition) is 1. The van der Waals surface area contributed by atoms with Crippen LogP contribution >= 0.6 is 11.3 Å². The van der Waals surface area contributed by atoms with Crippen LogP contribution in [-0.2, 0) is 10.0 Å². The number of hydrogen-bond acceptors (Lipinski definition) is 7. The standard InChI is InChI=1S/C12H15N5O2S2/c13-11-14-15-12(20-11)21(18,19)17-8-6-16(7-9-17)10-4-2-1-3-5-10/h1-5H,6-9H2,(H2,13,14). The maximum atomic E-state index is 12.4. The Bertz CT molecular complexity index is 708. The van der Waals surface area contributed by atoms with Crippen LogP contribution in [0.3, 0.4) is 0 Å². The van der Waals surface area contributed by atoms with Gasteiger partial charge in [0.2, 0.25) is 9.47 Å². The van der Waals surface area contributed by atoms with Gasteiger partial charge in [-0.3, -0.25) is 0 Å². The molecular formula is C12H15N5O2S2. The van der Waals surface area contributed by atoms with Crippen molar-refractivity contribution in [3.63, 3.8) is 0 Å². The number of rotatable bonds is 3. The van der Waals surface area contributed by atoms with Crippen LogP contribution in [0.1, 0.15) is 0 Å². The van der Waals surface area contributed by atoms with Crippen LogP contribution in [0, 0.1) is 0 Å². The van der Waals surface area contributed by atoms with E-state index in [1.54, 1.807) is 0 Å². The highest BCUT2D eigenvalue weighted by molar-refractivity contribution is 7.91. The Hall–Kier alpha value is -1.71. The number of anilines is 2. The fourth-order valence-electron chi connectivity index (χ4n) is 2.26. The Labute approximate surface area is 127 Å². The molecule has 0 amide bonds. The maximum Gasteiger partial charge on any atom is 0.272 e. The van der Waals surface area contributed by atoms with Gasteiger partial charge in [0.1, 0.15) is 0 Å². The molecule has 112 valence electrons. The average molecular weight is 325 g/mol. The molecule has 0 spiro atoms. The van der Waals surface area contributed by atoms with Crippen LogP contribution in [0.25, 0.3) is 0 Å². The molecule has 1 aliphatic rings. The summed E-state index contributed by atoms with van der Waals surface area (Å²) in [6.45, 7) is 2.16. The van der Waals surface area contributed by atoms with Crippen LogP contribution in [-0.4, -0.2) is 49.1 Å². The zero-order chi connectivity index (χ0) is 14.9. The molecule has 3 rings (SSSR count). The number of aromatic nitrogens is 2. The van der Waals surface area contributed by atoms with Crippen molar-refractivity contribution in [1.29, 1.82) is 0 Å². The first kappa shape index (κ1) is 14.2. The Morgan fingerprint density at radius 2 is 1.71 bits per heavy atom. The summed E-state index contributed by atoms with van der Waals surface area (Å²) in [6.07, 6.45) is 0. The van der Waals surface area contributed by atoms with Gasteiger partial charge >= 0.3 is 0 Å².